The van der Waals surface area contributed by atoms with Crippen molar-refractivity contribution in [2.45, 2.75) is 6.92 Å². The number of ether oxygens (including phenoxy) is 2. The molecule has 0 radical (unpaired) electrons. The summed E-state index contributed by atoms with van der Waals surface area (Å²) >= 11 is 6.27. The number of nitrogens with zero attached hydrogens (tertiary/aromatic N) is 1. The van der Waals surface area contributed by atoms with E-state index in [1.165, 1.54) is 0 Å². The molecule has 6 nitrogen and oxygen atoms in total. The van der Waals surface area contributed by atoms with E-state index in [-0.39, 0.29) is 0 Å². The zero-order chi connectivity index (χ0) is 16.3. The van der Waals surface area contributed by atoms with Crippen LogP contribution >= 0.6 is 11.6 Å². The van der Waals surface area contributed by atoms with Crippen LogP contribution in [0.3, 0.4) is 0 Å². The second-order valence-corrected chi connectivity index (χ2v) is 5.05. The summed E-state index contributed by atoms with van der Waals surface area (Å²) in [6, 6.07) is 5.40. The molecule has 0 saturated carbocycles. The third-order valence-corrected chi connectivity index (χ3v) is 3.21. The van der Waals surface area contributed by atoms with E-state index >= 15 is 0 Å². The summed E-state index contributed by atoms with van der Waals surface area (Å²) in [6.45, 7) is 1.74. The van der Waals surface area contributed by atoms with E-state index in [0.29, 0.717) is 39.4 Å². The lowest BCUT2D eigenvalue weighted by atomic mass is 10.1. The largest absolute Gasteiger partial charge is 0.497 e. The van der Waals surface area contributed by atoms with Gasteiger partial charge in [0.25, 0.3) is 5.82 Å². The van der Waals surface area contributed by atoms with E-state index in [1.54, 1.807) is 39.4 Å². The van der Waals surface area contributed by atoms with Crippen LogP contribution in [0.4, 0.5) is 5.82 Å². The number of hydrogen-bond acceptors (Lipinski definition) is 4. The molecule has 1 aromatic carbocycles. The van der Waals surface area contributed by atoms with Crippen molar-refractivity contribution in [3.63, 3.8) is 0 Å². The Morgan fingerprint density at radius 3 is 2.55 bits per heavy atom. The first-order valence-electron chi connectivity index (χ1n) is 6.50. The summed E-state index contributed by atoms with van der Waals surface area (Å²) < 4.78 is 10.6. The van der Waals surface area contributed by atoms with Crippen LogP contribution in [0, 0.1) is 0 Å². The summed E-state index contributed by atoms with van der Waals surface area (Å²) in [5.41, 5.74) is 12.0. The number of fused-ring (bicyclic) bond motifs is 1. The lowest BCUT2D eigenvalue weighted by Gasteiger charge is -2.08. The first-order chi connectivity index (χ1) is 10.4. The van der Waals surface area contributed by atoms with Gasteiger partial charge in [-0.15, -0.1) is 0 Å². The number of pyridine rings is 1. The highest BCUT2D eigenvalue weighted by Crippen LogP contribution is 2.35. The van der Waals surface area contributed by atoms with Crippen molar-refractivity contribution in [3.8, 4) is 11.5 Å². The SMILES string of the molecule is COc1cc(OC)c2c(Cl)nc([NH+]=C(N)C=C(C)N)cc2c1. The predicted molar refractivity (Wildman–Crippen MR) is 87.6 cm³/mol. The molecule has 0 atom stereocenters. The van der Waals surface area contributed by atoms with E-state index in [0.717, 1.165) is 5.39 Å². The Kier molecular flexibility index (Phi) is 4.72. The number of nitrogens with two attached hydrogens (primary N) is 2. The Morgan fingerprint density at radius 2 is 1.95 bits per heavy atom. The fourth-order valence-electron chi connectivity index (χ4n) is 2.06. The second kappa shape index (κ2) is 6.53. The van der Waals surface area contributed by atoms with E-state index < -0.39 is 0 Å². The predicted octanol–water partition coefficient (Wildman–Crippen LogP) is 0.837. The van der Waals surface area contributed by atoms with Crippen LogP contribution in [0.15, 0.2) is 30.0 Å². The number of allylic oxidation sites excluding steroid dienone is 1. The third-order valence-electron chi connectivity index (χ3n) is 2.93. The molecule has 1 heterocycles. The summed E-state index contributed by atoms with van der Waals surface area (Å²) in [5, 5.41) is 1.83. The molecule has 7 heteroatoms. The average Bonchev–Trinajstić information content (AvgIpc) is 2.44. The highest BCUT2D eigenvalue weighted by Gasteiger charge is 2.15. The molecule has 0 spiro atoms. The van der Waals surface area contributed by atoms with Crippen LogP contribution in [0.2, 0.25) is 5.15 Å². The molecule has 2 rings (SSSR count). The maximum atomic E-state index is 6.27. The molecule has 0 aliphatic heterocycles. The highest BCUT2D eigenvalue weighted by molar-refractivity contribution is 6.35. The zero-order valence-electron chi connectivity index (χ0n) is 12.6. The maximum absolute atomic E-state index is 6.27. The molecule has 0 unspecified atom stereocenters. The molecule has 0 aliphatic carbocycles. The fraction of sp³-hybridized carbons (Fsp3) is 0.200. The molecule has 0 bridgehead atoms. The third kappa shape index (κ3) is 3.40. The first-order valence-corrected chi connectivity index (χ1v) is 6.88. The normalized spacial score (nSPS) is 12.5. The molecular weight excluding hydrogens is 304 g/mol. The van der Waals surface area contributed by atoms with Crippen LogP contribution in [0.5, 0.6) is 11.5 Å². The van der Waals surface area contributed by atoms with Gasteiger partial charge in [-0.1, -0.05) is 4.98 Å². The second-order valence-electron chi connectivity index (χ2n) is 4.69. The molecule has 116 valence electrons. The van der Waals surface area contributed by atoms with Gasteiger partial charge >= 0.3 is 0 Å². The van der Waals surface area contributed by atoms with Gasteiger partial charge in [-0.2, -0.15) is 0 Å². The van der Waals surface area contributed by atoms with Crippen molar-refractivity contribution < 1.29 is 14.5 Å². The van der Waals surface area contributed by atoms with Gasteiger partial charge in [0.2, 0.25) is 11.0 Å². The number of methoxy groups -OCH3 is 2. The number of halogens is 1. The van der Waals surface area contributed by atoms with Gasteiger partial charge in [-0.05, 0) is 24.6 Å². The Morgan fingerprint density at radius 1 is 1.23 bits per heavy atom. The van der Waals surface area contributed by atoms with E-state index in [9.17, 15) is 0 Å². The summed E-state index contributed by atoms with van der Waals surface area (Å²) in [5.74, 6) is 2.13. The van der Waals surface area contributed by atoms with Crippen molar-refractivity contribution >= 4 is 34.0 Å². The maximum Gasteiger partial charge on any atom is 0.262 e. The summed E-state index contributed by atoms with van der Waals surface area (Å²) in [4.78, 5) is 7.22. The molecule has 1 aromatic heterocycles. The van der Waals surface area contributed by atoms with Gasteiger partial charge in [0.05, 0.1) is 19.6 Å². The van der Waals surface area contributed by atoms with Gasteiger partial charge < -0.3 is 20.9 Å². The number of amidine groups is 1. The molecule has 0 amide bonds. The van der Waals surface area contributed by atoms with Crippen LogP contribution < -0.4 is 25.9 Å². The van der Waals surface area contributed by atoms with Gasteiger partial charge in [-0.25, -0.2) is 4.99 Å². The smallest absolute Gasteiger partial charge is 0.262 e. The van der Waals surface area contributed by atoms with E-state index in [1.807, 2.05) is 6.07 Å². The fourth-order valence-corrected chi connectivity index (χ4v) is 2.35. The van der Waals surface area contributed by atoms with Crippen molar-refractivity contribution in [2.75, 3.05) is 14.2 Å². The molecule has 0 saturated heterocycles. The van der Waals surface area contributed by atoms with Crippen LogP contribution in [0.1, 0.15) is 6.92 Å². The minimum Gasteiger partial charge on any atom is -0.497 e. The van der Waals surface area contributed by atoms with Crippen molar-refractivity contribution in [3.05, 3.63) is 35.1 Å². The van der Waals surface area contributed by atoms with Crippen molar-refractivity contribution in [2.24, 2.45) is 11.5 Å². The molecule has 2 aromatic rings. The quantitative estimate of drug-likeness (QED) is 0.440. The monoisotopic (exact) mass is 321 g/mol. The molecule has 22 heavy (non-hydrogen) atoms. The molecule has 0 fully saturated rings. The molecule has 5 N–H and O–H groups in total. The summed E-state index contributed by atoms with van der Waals surface area (Å²) in [6.07, 6.45) is 1.60. The van der Waals surface area contributed by atoms with Crippen molar-refractivity contribution in [1.29, 1.82) is 0 Å². The topological polar surface area (TPSA) is 97.4 Å². The van der Waals surface area contributed by atoms with E-state index in [4.69, 9.17) is 32.5 Å². The lowest BCUT2D eigenvalue weighted by Crippen LogP contribution is -2.69. The number of aromatic nitrogens is 1. The number of benzene rings is 1. The number of nitrogens with one attached hydrogen (secondary N) is 1. The number of rotatable bonds is 4. The Labute approximate surface area is 133 Å². The zero-order valence-corrected chi connectivity index (χ0v) is 13.4. The lowest BCUT2D eigenvalue weighted by molar-refractivity contribution is -0.358. The summed E-state index contributed by atoms with van der Waals surface area (Å²) in [7, 11) is 3.15. The molecule has 0 aliphatic rings. The molecular formula is C15H18ClN4O2+. The standard InChI is InChI=1S/C15H17ClN4O2/c1-8(17)4-12(18)19-13-6-9-5-10(21-2)7-11(22-3)14(9)15(16)20-13/h4-7H,17H2,1-3H3,(H2,18,19,20)/p+1. The van der Waals surface area contributed by atoms with Gasteiger partial charge in [0.1, 0.15) is 11.5 Å². The average molecular weight is 322 g/mol. The van der Waals surface area contributed by atoms with E-state index in [2.05, 4.69) is 9.98 Å². The first kappa shape index (κ1) is 15.9. The highest BCUT2D eigenvalue weighted by atomic mass is 35.5. The number of hydrogen-bond donors (Lipinski definition) is 3. The van der Waals surface area contributed by atoms with Gasteiger partial charge in [0.15, 0.2) is 0 Å². The van der Waals surface area contributed by atoms with Gasteiger partial charge in [0, 0.05) is 29.3 Å². The minimum atomic E-state index is 0.306. The van der Waals surface area contributed by atoms with Gasteiger partial charge in [-0.3, -0.25) is 0 Å². The Balaban J connectivity index is 2.64. The minimum absolute atomic E-state index is 0.306. The van der Waals surface area contributed by atoms with Crippen molar-refractivity contribution in [1.82, 2.24) is 4.98 Å². The van der Waals surface area contributed by atoms with Crippen LogP contribution in [-0.4, -0.2) is 25.0 Å². The Bertz CT molecular complexity index is 768. The van der Waals surface area contributed by atoms with Crippen LogP contribution in [-0.2, 0) is 0 Å². The van der Waals surface area contributed by atoms with Crippen LogP contribution in [0.25, 0.3) is 10.8 Å². The Hall–Kier alpha value is -2.47.